The SMILES string of the molecule is c1ccc(-c2cc(-c3ccccc3)cc(-c3nc(-c4cccc5nc(-c6ccccc6)oc45)nc(-n4c5ccccc5c5ccc6c7ccccc7n(-c7ccccc7)c6c54)n3)c2)cc1. The first-order valence-electron chi connectivity index (χ1n) is 21.7. The Hall–Kier alpha value is -8.94. The van der Waals surface area contributed by atoms with Gasteiger partial charge in [-0.1, -0.05) is 152 Å². The second kappa shape index (κ2) is 14.9. The zero-order chi connectivity index (χ0) is 42.8. The van der Waals surface area contributed by atoms with Gasteiger partial charge in [0, 0.05) is 38.4 Å². The summed E-state index contributed by atoms with van der Waals surface area (Å²) in [5.74, 6) is 2.02. The smallest absolute Gasteiger partial charge is 0.238 e. The predicted molar refractivity (Wildman–Crippen MR) is 263 cm³/mol. The van der Waals surface area contributed by atoms with Gasteiger partial charge in [-0.15, -0.1) is 0 Å². The van der Waals surface area contributed by atoms with Crippen LogP contribution in [0.1, 0.15) is 0 Å². The summed E-state index contributed by atoms with van der Waals surface area (Å²) >= 11 is 0. The fraction of sp³-hybridized carbons (Fsp3) is 0. The van der Waals surface area contributed by atoms with Gasteiger partial charge in [0.2, 0.25) is 11.8 Å². The van der Waals surface area contributed by atoms with Crippen LogP contribution in [-0.4, -0.2) is 29.1 Å². The number of hydrogen-bond donors (Lipinski definition) is 0. The molecule has 0 aliphatic carbocycles. The summed E-state index contributed by atoms with van der Waals surface area (Å²) in [6, 6.07) is 75.8. The molecule has 304 valence electrons. The van der Waals surface area contributed by atoms with Crippen molar-refractivity contribution in [3.63, 3.8) is 0 Å². The molecule has 0 saturated carbocycles. The zero-order valence-corrected chi connectivity index (χ0v) is 34.9. The summed E-state index contributed by atoms with van der Waals surface area (Å²) in [5, 5.41) is 4.50. The second-order valence-electron chi connectivity index (χ2n) is 16.3. The highest BCUT2D eigenvalue weighted by Gasteiger charge is 2.25. The summed E-state index contributed by atoms with van der Waals surface area (Å²) < 4.78 is 11.3. The van der Waals surface area contributed by atoms with Crippen LogP contribution in [0.5, 0.6) is 0 Å². The van der Waals surface area contributed by atoms with Crippen molar-refractivity contribution in [2.45, 2.75) is 0 Å². The number of hydrogen-bond acceptors (Lipinski definition) is 5. The van der Waals surface area contributed by atoms with Crippen molar-refractivity contribution in [1.82, 2.24) is 29.1 Å². The van der Waals surface area contributed by atoms with Gasteiger partial charge < -0.3 is 8.98 Å². The molecule has 9 aromatic carbocycles. The summed E-state index contributed by atoms with van der Waals surface area (Å²) in [6.07, 6.45) is 0. The van der Waals surface area contributed by atoms with Gasteiger partial charge in [-0.25, -0.2) is 9.97 Å². The van der Waals surface area contributed by atoms with Crippen molar-refractivity contribution in [3.8, 4) is 68.1 Å². The topological polar surface area (TPSA) is 74.6 Å². The molecule has 0 amide bonds. The average molecular weight is 833 g/mol. The molecule has 13 aromatic rings. The lowest BCUT2D eigenvalue weighted by molar-refractivity contribution is 0.620. The summed E-state index contributed by atoms with van der Waals surface area (Å²) in [5.41, 5.74) is 13.3. The van der Waals surface area contributed by atoms with Crippen LogP contribution in [0.4, 0.5) is 0 Å². The molecule has 0 aliphatic heterocycles. The third-order valence-electron chi connectivity index (χ3n) is 12.4. The number of rotatable bonds is 7. The molecule has 7 nitrogen and oxygen atoms in total. The molecule has 65 heavy (non-hydrogen) atoms. The van der Waals surface area contributed by atoms with E-state index in [0.717, 1.165) is 77.3 Å². The van der Waals surface area contributed by atoms with Crippen molar-refractivity contribution < 1.29 is 4.42 Å². The number of oxazole rings is 1. The van der Waals surface area contributed by atoms with Gasteiger partial charge in [0.15, 0.2) is 17.2 Å². The van der Waals surface area contributed by atoms with Crippen LogP contribution in [0.2, 0.25) is 0 Å². The van der Waals surface area contributed by atoms with Gasteiger partial charge in [0.05, 0.1) is 27.6 Å². The van der Waals surface area contributed by atoms with Crippen molar-refractivity contribution >= 4 is 54.7 Å². The maximum Gasteiger partial charge on any atom is 0.238 e. The Bertz CT molecular complexity index is 3870. The maximum absolute atomic E-state index is 6.64. The number of aromatic nitrogens is 6. The van der Waals surface area contributed by atoms with Crippen molar-refractivity contribution in [2.24, 2.45) is 0 Å². The second-order valence-corrected chi connectivity index (χ2v) is 16.3. The lowest BCUT2D eigenvalue weighted by atomic mass is 9.96. The quantitative estimate of drug-likeness (QED) is 0.160. The van der Waals surface area contributed by atoms with Gasteiger partial charge in [-0.2, -0.15) is 9.97 Å². The normalized spacial score (nSPS) is 11.7. The largest absolute Gasteiger partial charge is 0.435 e. The molecule has 0 saturated heterocycles. The van der Waals surface area contributed by atoms with Gasteiger partial charge in [-0.3, -0.25) is 4.57 Å². The molecule has 0 unspecified atom stereocenters. The monoisotopic (exact) mass is 832 g/mol. The minimum absolute atomic E-state index is 0.472. The van der Waals surface area contributed by atoms with Crippen molar-refractivity contribution in [3.05, 3.63) is 218 Å². The summed E-state index contributed by atoms with van der Waals surface area (Å²) in [7, 11) is 0. The van der Waals surface area contributed by atoms with Crippen LogP contribution >= 0.6 is 0 Å². The first kappa shape index (κ1) is 36.7. The van der Waals surface area contributed by atoms with E-state index in [1.54, 1.807) is 0 Å². The van der Waals surface area contributed by atoms with Crippen molar-refractivity contribution in [2.75, 3.05) is 0 Å². The molecule has 0 atom stereocenters. The van der Waals surface area contributed by atoms with E-state index < -0.39 is 0 Å². The van der Waals surface area contributed by atoms with E-state index in [2.05, 4.69) is 167 Å². The minimum Gasteiger partial charge on any atom is -0.435 e. The Morgan fingerprint density at radius 2 is 0.846 bits per heavy atom. The highest BCUT2D eigenvalue weighted by atomic mass is 16.3. The van der Waals surface area contributed by atoms with Crippen LogP contribution in [0.15, 0.2) is 223 Å². The molecule has 0 fully saturated rings. The van der Waals surface area contributed by atoms with Crippen LogP contribution < -0.4 is 0 Å². The van der Waals surface area contributed by atoms with Gasteiger partial charge in [-0.05, 0) is 89.0 Å². The maximum atomic E-state index is 6.64. The van der Waals surface area contributed by atoms with Crippen LogP contribution in [0.3, 0.4) is 0 Å². The lowest BCUT2D eigenvalue weighted by Gasteiger charge is -2.14. The molecule has 13 rings (SSSR count). The molecule has 0 bridgehead atoms. The molecular formula is C58H36N6O. The van der Waals surface area contributed by atoms with E-state index in [9.17, 15) is 0 Å². The molecule has 0 radical (unpaired) electrons. The highest BCUT2D eigenvalue weighted by Crippen LogP contribution is 2.42. The van der Waals surface area contributed by atoms with E-state index >= 15 is 0 Å². The molecular weight excluding hydrogens is 797 g/mol. The number of fused-ring (bicyclic) bond motifs is 8. The van der Waals surface area contributed by atoms with Crippen LogP contribution in [0.25, 0.3) is 123 Å². The zero-order valence-electron chi connectivity index (χ0n) is 34.9. The Balaban J connectivity index is 1.15. The van der Waals surface area contributed by atoms with E-state index in [1.165, 1.54) is 5.39 Å². The molecule has 0 aliphatic rings. The minimum atomic E-state index is 0.472. The Morgan fingerprint density at radius 3 is 1.48 bits per heavy atom. The highest BCUT2D eigenvalue weighted by molar-refractivity contribution is 6.23. The van der Waals surface area contributed by atoms with E-state index in [1.807, 2.05) is 60.7 Å². The fourth-order valence-electron chi connectivity index (χ4n) is 9.45. The Kier molecular flexibility index (Phi) is 8.39. The lowest BCUT2D eigenvalue weighted by Crippen LogP contribution is -2.07. The molecule has 7 heteroatoms. The number of nitrogens with zero attached hydrogens (tertiary/aromatic N) is 6. The third-order valence-corrected chi connectivity index (χ3v) is 12.4. The van der Waals surface area contributed by atoms with E-state index in [4.69, 9.17) is 24.4 Å². The number of para-hydroxylation sites is 4. The van der Waals surface area contributed by atoms with Crippen LogP contribution in [-0.2, 0) is 0 Å². The Morgan fingerprint density at radius 1 is 0.338 bits per heavy atom. The first-order valence-corrected chi connectivity index (χ1v) is 21.7. The molecule has 4 aromatic heterocycles. The van der Waals surface area contributed by atoms with Crippen molar-refractivity contribution in [1.29, 1.82) is 0 Å². The van der Waals surface area contributed by atoms with Gasteiger partial charge in [0.25, 0.3) is 0 Å². The molecule has 0 spiro atoms. The third kappa shape index (κ3) is 6.05. The predicted octanol–water partition coefficient (Wildman–Crippen LogP) is 14.5. The van der Waals surface area contributed by atoms with Crippen LogP contribution in [0, 0.1) is 0 Å². The van der Waals surface area contributed by atoms with E-state index in [-0.39, 0.29) is 0 Å². The fourth-order valence-corrected chi connectivity index (χ4v) is 9.45. The molecule has 0 N–H and O–H groups in total. The summed E-state index contributed by atoms with van der Waals surface area (Å²) in [4.78, 5) is 21.3. The number of benzene rings is 9. The standard InChI is InChI=1S/C58H36N6O/c1-5-18-37(19-6-1)40-34-41(38-20-7-2-8-21-38)36-42(35-40)55-60-56(48-28-17-29-49-54(48)65-57(59-49)39-22-9-3-10-23-39)62-58(61-55)64-51-31-16-14-27-45(51)47-33-32-46-44-26-13-15-30-50(44)63(52(46)53(47)64)43-24-11-4-12-25-43/h1-36H. The summed E-state index contributed by atoms with van der Waals surface area (Å²) in [6.45, 7) is 0. The van der Waals surface area contributed by atoms with Gasteiger partial charge >= 0.3 is 0 Å². The average Bonchev–Trinajstić information content (AvgIpc) is 4.08. The Labute approximate surface area is 373 Å². The molecule has 4 heterocycles. The van der Waals surface area contributed by atoms with E-state index in [0.29, 0.717) is 40.2 Å². The van der Waals surface area contributed by atoms with Gasteiger partial charge in [0.1, 0.15) is 5.52 Å². The first-order chi connectivity index (χ1) is 32.2.